The van der Waals surface area contributed by atoms with Crippen molar-refractivity contribution in [1.29, 1.82) is 0 Å². The molecule has 0 spiro atoms. The Morgan fingerprint density at radius 2 is 1.76 bits per heavy atom. The molecular weight excluding hydrogens is 286 g/mol. The fourth-order valence-corrected chi connectivity index (χ4v) is 2.25. The van der Waals surface area contributed by atoms with E-state index in [1.54, 1.807) is 12.1 Å². The standard InChI is InChI=1S/C17H16ClNO2/c18-14-8-4-5-9-15(14)21-16(12-6-2-1-3-7-12)17(20)19-13-10-11-13/h1-9,13,16H,10-11H2,(H,19,20). The Kier molecular flexibility index (Phi) is 4.11. The molecule has 2 aromatic carbocycles. The fourth-order valence-electron chi connectivity index (χ4n) is 2.07. The highest BCUT2D eigenvalue weighted by molar-refractivity contribution is 6.32. The molecular formula is C17H16ClNO2. The van der Waals surface area contributed by atoms with Gasteiger partial charge in [0.1, 0.15) is 5.75 Å². The fraction of sp³-hybridized carbons (Fsp3) is 0.235. The Labute approximate surface area is 128 Å². The molecule has 1 atom stereocenters. The van der Waals surface area contributed by atoms with E-state index in [0.717, 1.165) is 18.4 Å². The molecule has 108 valence electrons. The maximum Gasteiger partial charge on any atom is 0.266 e. The minimum absolute atomic E-state index is 0.122. The molecule has 1 saturated carbocycles. The molecule has 0 aliphatic heterocycles. The molecule has 1 aliphatic rings. The first kappa shape index (κ1) is 14.0. The highest BCUT2D eigenvalue weighted by Crippen LogP contribution is 2.29. The number of hydrogen-bond donors (Lipinski definition) is 1. The van der Waals surface area contributed by atoms with E-state index in [2.05, 4.69) is 5.32 Å². The van der Waals surface area contributed by atoms with Crippen LogP contribution in [0, 0.1) is 0 Å². The molecule has 4 heteroatoms. The van der Waals surface area contributed by atoms with Gasteiger partial charge in [0.2, 0.25) is 6.10 Å². The van der Waals surface area contributed by atoms with Gasteiger partial charge in [0.15, 0.2) is 0 Å². The predicted octanol–water partition coefficient (Wildman–Crippen LogP) is 3.74. The minimum atomic E-state index is -0.688. The van der Waals surface area contributed by atoms with Crippen LogP contribution >= 0.6 is 11.6 Å². The molecule has 0 radical (unpaired) electrons. The van der Waals surface area contributed by atoms with Crippen LogP contribution in [-0.2, 0) is 4.79 Å². The number of halogens is 1. The highest BCUT2D eigenvalue weighted by Gasteiger charge is 2.29. The van der Waals surface area contributed by atoms with Crippen molar-refractivity contribution in [3.63, 3.8) is 0 Å². The van der Waals surface area contributed by atoms with E-state index in [1.165, 1.54) is 0 Å². The lowest BCUT2D eigenvalue weighted by molar-refractivity contribution is -0.128. The van der Waals surface area contributed by atoms with Gasteiger partial charge < -0.3 is 10.1 Å². The first-order valence-electron chi connectivity index (χ1n) is 7.00. The monoisotopic (exact) mass is 301 g/mol. The third-order valence-electron chi connectivity index (χ3n) is 3.35. The van der Waals surface area contributed by atoms with Crippen molar-refractivity contribution in [3.05, 3.63) is 65.2 Å². The molecule has 0 bridgehead atoms. The second-order valence-electron chi connectivity index (χ2n) is 5.12. The number of rotatable bonds is 5. The van der Waals surface area contributed by atoms with Crippen LogP contribution in [0.4, 0.5) is 0 Å². The lowest BCUT2D eigenvalue weighted by Gasteiger charge is -2.19. The van der Waals surface area contributed by atoms with E-state index in [9.17, 15) is 4.79 Å². The van der Waals surface area contributed by atoms with Gasteiger partial charge in [-0.3, -0.25) is 4.79 Å². The van der Waals surface area contributed by atoms with Crippen molar-refractivity contribution in [2.45, 2.75) is 25.0 Å². The third-order valence-corrected chi connectivity index (χ3v) is 3.66. The van der Waals surface area contributed by atoms with Crippen LogP contribution in [0.2, 0.25) is 5.02 Å². The Morgan fingerprint density at radius 3 is 2.43 bits per heavy atom. The van der Waals surface area contributed by atoms with Crippen molar-refractivity contribution in [3.8, 4) is 5.75 Å². The van der Waals surface area contributed by atoms with E-state index in [1.807, 2.05) is 42.5 Å². The topological polar surface area (TPSA) is 38.3 Å². The van der Waals surface area contributed by atoms with Gasteiger partial charge in [-0.2, -0.15) is 0 Å². The summed E-state index contributed by atoms with van der Waals surface area (Å²) < 4.78 is 5.88. The summed E-state index contributed by atoms with van der Waals surface area (Å²) in [5.74, 6) is 0.391. The molecule has 2 aromatic rings. The number of ether oxygens (including phenoxy) is 1. The smallest absolute Gasteiger partial charge is 0.266 e. The first-order chi connectivity index (χ1) is 10.2. The predicted molar refractivity (Wildman–Crippen MR) is 82.4 cm³/mol. The minimum Gasteiger partial charge on any atom is -0.474 e. The van der Waals surface area contributed by atoms with Crippen molar-refractivity contribution < 1.29 is 9.53 Å². The number of carbonyl (C=O) groups excluding carboxylic acids is 1. The molecule has 0 heterocycles. The van der Waals surface area contributed by atoms with Crippen LogP contribution in [0.5, 0.6) is 5.75 Å². The lowest BCUT2D eigenvalue weighted by Crippen LogP contribution is -2.33. The van der Waals surface area contributed by atoms with Crippen LogP contribution < -0.4 is 10.1 Å². The number of nitrogens with one attached hydrogen (secondary N) is 1. The zero-order valence-corrected chi connectivity index (χ0v) is 12.2. The van der Waals surface area contributed by atoms with Gasteiger partial charge in [0.25, 0.3) is 5.91 Å². The van der Waals surface area contributed by atoms with Crippen LogP contribution in [0.25, 0.3) is 0 Å². The summed E-state index contributed by atoms with van der Waals surface area (Å²) in [4.78, 5) is 12.4. The zero-order chi connectivity index (χ0) is 14.7. The number of para-hydroxylation sites is 1. The molecule has 3 nitrogen and oxygen atoms in total. The van der Waals surface area contributed by atoms with Gasteiger partial charge >= 0.3 is 0 Å². The lowest BCUT2D eigenvalue weighted by atomic mass is 10.1. The van der Waals surface area contributed by atoms with Gasteiger partial charge in [-0.05, 0) is 25.0 Å². The average molecular weight is 302 g/mol. The van der Waals surface area contributed by atoms with E-state index in [-0.39, 0.29) is 5.91 Å². The second-order valence-corrected chi connectivity index (χ2v) is 5.53. The summed E-state index contributed by atoms with van der Waals surface area (Å²) in [7, 11) is 0. The Bertz CT molecular complexity index is 626. The Morgan fingerprint density at radius 1 is 1.10 bits per heavy atom. The van der Waals surface area contributed by atoms with E-state index in [0.29, 0.717) is 16.8 Å². The molecule has 1 amide bonds. The summed E-state index contributed by atoms with van der Waals surface area (Å²) in [5, 5.41) is 3.48. The molecule has 3 rings (SSSR count). The van der Waals surface area contributed by atoms with Crippen LogP contribution in [0.3, 0.4) is 0 Å². The van der Waals surface area contributed by atoms with Crippen molar-refractivity contribution in [1.82, 2.24) is 5.32 Å². The summed E-state index contributed by atoms with van der Waals surface area (Å²) in [6, 6.07) is 16.9. The summed E-state index contributed by atoms with van der Waals surface area (Å²) in [6.45, 7) is 0. The Balaban J connectivity index is 1.85. The number of carbonyl (C=O) groups is 1. The normalized spacial score (nSPS) is 15.3. The van der Waals surface area contributed by atoms with Crippen LogP contribution in [0.1, 0.15) is 24.5 Å². The Hall–Kier alpha value is -2.00. The first-order valence-corrected chi connectivity index (χ1v) is 7.38. The number of amides is 1. The van der Waals surface area contributed by atoms with E-state index >= 15 is 0 Å². The SMILES string of the molecule is O=C(NC1CC1)C(Oc1ccccc1Cl)c1ccccc1. The highest BCUT2D eigenvalue weighted by atomic mass is 35.5. The zero-order valence-electron chi connectivity index (χ0n) is 11.5. The summed E-state index contributed by atoms with van der Waals surface area (Å²) in [6.07, 6.45) is 1.39. The molecule has 1 aliphatic carbocycles. The van der Waals surface area contributed by atoms with Gasteiger partial charge in [-0.25, -0.2) is 0 Å². The van der Waals surface area contributed by atoms with E-state index < -0.39 is 6.10 Å². The summed E-state index contributed by atoms with van der Waals surface area (Å²) >= 11 is 6.12. The molecule has 1 unspecified atom stereocenters. The van der Waals surface area contributed by atoms with Gasteiger partial charge in [-0.15, -0.1) is 0 Å². The third kappa shape index (κ3) is 3.56. The molecule has 21 heavy (non-hydrogen) atoms. The maximum absolute atomic E-state index is 12.4. The van der Waals surface area contributed by atoms with Gasteiger partial charge in [0.05, 0.1) is 5.02 Å². The molecule has 1 fully saturated rings. The van der Waals surface area contributed by atoms with Crippen LogP contribution in [-0.4, -0.2) is 11.9 Å². The van der Waals surface area contributed by atoms with Gasteiger partial charge in [0, 0.05) is 11.6 Å². The average Bonchev–Trinajstić information content (AvgIpc) is 3.31. The number of hydrogen-bond acceptors (Lipinski definition) is 2. The van der Waals surface area contributed by atoms with Crippen molar-refractivity contribution >= 4 is 17.5 Å². The molecule has 0 saturated heterocycles. The molecule has 1 N–H and O–H groups in total. The number of benzene rings is 2. The van der Waals surface area contributed by atoms with Crippen LogP contribution in [0.15, 0.2) is 54.6 Å². The van der Waals surface area contributed by atoms with Gasteiger partial charge in [-0.1, -0.05) is 54.1 Å². The maximum atomic E-state index is 12.4. The summed E-state index contributed by atoms with van der Waals surface area (Å²) in [5.41, 5.74) is 0.815. The van der Waals surface area contributed by atoms with Crippen molar-refractivity contribution in [2.75, 3.05) is 0 Å². The van der Waals surface area contributed by atoms with Crippen molar-refractivity contribution in [2.24, 2.45) is 0 Å². The quantitative estimate of drug-likeness (QED) is 0.913. The second kappa shape index (κ2) is 6.19. The largest absolute Gasteiger partial charge is 0.474 e. The van der Waals surface area contributed by atoms with E-state index in [4.69, 9.17) is 16.3 Å². The molecule has 0 aromatic heterocycles.